The molecule has 0 saturated heterocycles. The van der Waals surface area contributed by atoms with Gasteiger partial charge in [0.15, 0.2) is 0 Å². The van der Waals surface area contributed by atoms with Crippen LogP contribution in [0.4, 0.5) is 0 Å². The minimum atomic E-state index is -1.04. The van der Waals surface area contributed by atoms with Gasteiger partial charge in [0, 0.05) is 17.1 Å². The molecule has 3 unspecified atom stereocenters. The average molecular weight is 350 g/mol. The lowest BCUT2D eigenvalue weighted by Crippen LogP contribution is -2.36. The van der Waals surface area contributed by atoms with E-state index in [9.17, 15) is 14.7 Å². The smallest absolute Gasteiger partial charge is 0.307 e. The Hall–Kier alpha value is -1.79. The van der Waals surface area contributed by atoms with Crippen molar-refractivity contribution in [3.8, 4) is 23.2 Å². The van der Waals surface area contributed by atoms with Gasteiger partial charge in [-0.1, -0.05) is 18.2 Å². The van der Waals surface area contributed by atoms with Gasteiger partial charge in [0.2, 0.25) is 0 Å². The van der Waals surface area contributed by atoms with E-state index in [1.807, 2.05) is 0 Å². The Morgan fingerprint density at radius 1 is 0.917 bits per heavy atom. The quantitative estimate of drug-likeness (QED) is 0.759. The summed E-state index contributed by atoms with van der Waals surface area (Å²) in [5.74, 6) is 1.68. The molecule has 130 valence electrons. The van der Waals surface area contributed by atoms with Crippen LogP contribution in [-0.2, 0) is 14.3 Å². The van der Waals surface area contributed by atoms with Gasteiger partial charge in [-0.25, -0.2) is 0 Å². The second kappa shape index (κ2) is 9.49. The van der Waals surface area contributed by atoms with Crippen molar-refractivity contribution in [3.05, 3.63) is 0 Å². The number of carboxylic acids is 2. The van der Waals surface area contributed by atoms with E-state index in [0.717, 1.165) is 12.8 Å². The van der Waals surface area contributed by atoms with Crippen molar-refractivity contribution in [3.63, 3.8) is 0 Å². The fourth-order valence-electron chi connectivity index (χ4n) is 3.27. The number of ether oxygens (including phenoxy) is 1. The van der Waals surface area contributed by atoms with Crippen molar-refractivity contribution in [2.24, 2.45) is 11.8 Å². The first-order chi connectivity index (χ1) is 11.6. The molecule has 2 N–H and O–H groups in total. The summed E-state index contributed by atoms with van der Waals surface area (Å²) in [5, 5.41) is 21.2. The Kier molecular flexibility index (Phi) is 7.34. The van der Waals surface area contributed by atoms with Crippen LogP contribution in [0.5, 0.6) is 0 Å². The topological polar surface area (TPSA) is 83.8 Å². The summed E-state index contributed by atoms with van der Waals surface area (Å²) >= 11 is 1.34. The van der Waals surface area contributed by atoms with E-state index in [4.69, 9.17) is 9.84 Å². The largest absolute Gasteiger partial charge is 0.481 e. The highest BCUT2D eigenvalue weighted by atomic mass is 32.2. The lowest BCUT2D eigenvalue weighted by atomic mass is 9.79. The van der Waals surface area contributed by atoms with Gasteiger partial charge in [-0.2, -0.15) is 0 Å². The van der Waals surface area contributed by atoms with Gasteiger partial charge in [0.05, 0.1) is 11.8 Å². The van der Waals surface area contributed by atoms with Crippen molar-refractivity contribution in [2.75, 3.05) is 0 Å². The summed E-state index contributed by atoms with van der Waals surface area (Å²) in [6, 6.07) is 0. The molecule has 0 bridgehead atoms. The molecule has 0 amide bonds. The zero-order chi connectivity index (χ0) is 17.4. The van der Waals surface area contributed by atoms with Crippen LogP contribution in [0.15, 0.2) is 0 Å². The predicted octanol–water partition coefficient (Wildman–Crippen LogP) is 2.94. The van der Waals surface area contributed by atoms with Crippen LogP contribution in [0.25, 0.3) is 0 Å². The normalized spacial score (nSPS) is 27.1. The van der Waals surface area contributed by atoms with Crippen LogP contribution in [0.3, 0.4) is 0 Å². The van der Waals surface area contributed by atoms with Crippen LogP contribution in [-0.4, -0.2) is 33.5 Å². The fourth-order valence-corrected chi connectivity index (χ4v) is 4.10. The maximum absolute atomic E-state index is 11.2. The van der Waals surface area contributed by atoms with E-state index in [1.54, 1.807) is 0 Å². The second-order valence-corrected chi connectivity index (χ2v) is 7.38. The fraction of sp³-hybridized carbons (Fsp3) is 0.667. The minimum Gasteiger partial charge on any atom is -0.481 e. The lowest BCUT2D eigenvalue weighted by Gasteiger charge is -2.29. The monoisotopic (exact) mass is 350 g/mol. The Morgan fingerprint density at radius 3 is 2.29 bits per heavy atom. The zero-order valence-electron chi connectivity index (χ0n) is 13.5. The van der Waals surface area contributed by atoms with Crippen LogP contribution < -0.4 is 0 Å². The Balaban J connectivity index is 1.76. The van der Waals surface area contributed by atoms with Crippen molar-refractivity contribution in [1.82, 2.24) is 0 Å². The summed E-state index contributed by atoms with van der Waals surface area (Å²) in [4.78, 5) is 22.3. The third-order valence-corrected chi connectivity index (χ3v) is 5.59. The summed E-state index contributed by atoms with van der Waals surface area (Å²) in [6.07, 6.45) is 9.99. The molecule has 0 heterocycles. The molecule has 0 aromatic carbocycles. The molecule has 2 fully saturated rings. The van der Waals surface area contributed by atoms with Crippen LogP contribution in [0, 0.1) is 35.0 Å². The SMILES string of the molecule is O=C(O)C1CCC(SC#CC#COC2CCCCC2)CC1C(=O)O. The van der Waals surface area contributed by atoms with Crippen molar-refractivity contribution in [1.29, 1.82) is 0 Å². The highest BCUT2D eigenvalue weighted by molar-refractivity contribution is 8.04. The van der Waals surface area contributed by atoms with E-state index < -0.39 is 23.8 Å². The minimum absolute atomic E-state index is 0.0373. The number of carboxylic acid groups (broad SMARTS) is 2. The summed E-state index contributed by atoms with van der Waals surface area (Å²) in [6.45, 7) is 0. The van der Waals surface area contributed by atoms with E-state index in [2.05, 4.69) is 23.2 Å². The maximum Gasteiger partial charge on any atom is 0.307 e. The first-order valence-electron chi connectivity index (χ1n) is 8.35. The molecule has 24 heavy (non-hydrogen) atoms. The van der Waals surface area contributed by atoms with E-state index in [1.165, 1.54) is 31.0 Å². The van der Waals surface area contributed by atoms with E-state index >= 15 is 0 Å². The maximum atomic E-state index is 11.2. The van der Waals surface area contributed by atoms with Gasteiger partial charge in [0.25, 0.3) is 0 Å². The second-order valence-electron chi connectivity index (χ2n) is 6.27. The number of aliphatic carboxylic acids is 2. The third-order valence-electron chi connectivity index (χ3n) is 4.60. The van der Waals surface area contributed by atoms with Gasteiger partial charge < -0.3 is 14.9 Å². The number of rotatable bonds is 4. The summed E-state index contributed by atoms with van der Waals surface area (Å²) < 4.78 is 5.45. The molecule has 2 aliphatic rings. The molecular formula is C18H22O5S. The highest BCUT2D eigenvalue weighted by Gasteiger charge is 2.39. The molecular weight excluding hydrogens is 328 g/mol. The summed E-state index contributed by atoms with van der Waals surface area (Å²) in [7, 11) is 0. The molecule has 2 aliphatic carbocycles. The Morgan fingerprint density at radius 2 is 1.62 bits per heavy atom. The standard InChI is InChI=1S/C18H22O5S/c19-17(20)15-9-8-14(12-16(15)18(21)22)24-11-5-4-10-23-13-6-2-1-3-7-13/h13-16H,1-3,6-9,12H2,(H,19,20)(H,21,22). The lowest BCUT2D eigenvalue weighted by molar-refractivity contribution is -0.155. The molecule has 0 radical (unpaired) electrons. The molecule has 2 rings (SSSR count). The van der Waals surface area contributed by atoms with Gasteiger partial charge in [0.1, 0.15) is 12.2 Å². The van der Waals surface area contributed by atoms with Gasteiger partial charge >= 0.3 is 11.9 Å². The van der Waals surface area contributed by atoms with Gasteiger partial charge in [-0.05, 0) is 50.2 Å². The number of thioether (sulfide) groups is 1. The molecule has 2 saturated carbocycles. The summed E-state index contributed by atoms with van der Waals surface area (Å²) in [5.41, 5.74) is 0. The van der Waals surface area contributed by atoms with Gasteiger partial charge in [-0.15, -0.1) is 0 Å². The third kappa shape index (κ3) is 5.69. The van der Waals surface area contributed by atoms with Crippen molar-refractivity contribution < 1.29 is 24.5 Å². The molecule has 0 aromatic heterocycles. The number of hydrogen-bond acceptors (Lipinski definition) is 4. The molecule has 3 atom stereocenters. The highest BCUT2D eigenvalue weighted by Crippen LogP contribution is 2.36. The molecule has 6 heteroatoms. The predicted molar refractivity (Wildman–Crippen MR) is 91.0 cm³/mol. The molecule has 5 nitrogen and oxygen atoms in total. The number of carbonyl (C=O) groups is 2. The molecule has 0 aromatic rings. The Bertz CT molecular complexity index is 574. The molecule has 0 spiro atoms. The Labute approximate surface area is 146 Å². The van der Waals surface area contributed by atoms with Crippen molar-refractivity contribution >= 4 is 23.7 Å². The average Bonchev–Trinajstić information content (AvgIpc) is 2.58. The number of hydrogen-bond donors (Lipinski definition) is 2. The first kappa shape index (κ1) is 18.5. The van der Waals surface area contributed by atoms with Gasteiger partial charge in [-0.3, -0.25) is 9.59 Å². The van der Waals surface area contributed by atoms with E-state index in [0.29, 0.717) is 19.3 Å². The first-order valence-corrected chi connectivity index (χ1v) is 9.22. The van der Waals surface area contributed by atoms with Crippen molar-refractivity contribution in [2.45, 2.75) is 62.7 Å². The van der Waals surface area contributed by atoms with Crippen LogP contribution >= 0.6 is 11.8 Å². The van der Waals surface area contributed by atoms with E-state index in [-0.39, 0.29) is 11.4 Å². The van der Waals surface area contributed by atoms with Crippen LogP contribution in [0.1, 0.15) is 51.4 Å². The zero-order valence-corrected chi connectivity index (χ0v) is 14.3. The van der Waals surface area contributed by atoms with Crippen LogP contribution in [0.2, 0.25) is 0 Å². The molecule has 0 aliphatic heterocycles.